The molecule has 2 atom stereocenters. The van der Waals surface area contributed by atoms with Crippen LogP contribution in [0.5, 0.6) is 0 Å². The SMILES string of the molecule is CC1CCCN(Cc2nncn2C)C1CN. The highest BCUT2D eigenvalue weighted by Gasteiger charge is 2.27. The van der Waals surface area contributed by atoms with E-state index in [0.717, 1.165) is 25.5 Å². The second-order valence-electron chi connectivity index (χ2n) is 4.75. The van der Waals surface area contributed by atoms with Crippen molar-refractivity contribution in [3.8, 4) is 0 Å². The molecule has 0 spiro atoms. The highest BCUT2D eigenvalue weighted by Crippen LogP contribution is 2.23. The maximum absolute atomic E-state index is 5.87. The predicted octanol–water partition coefficient (Wildman–Crippen LogP) is 0.374. The third-order valence-corrected chi connectivity index (χ3v) is 3.62. The van der Waals surface area contributed by atoms with Crippen LogP contribution in [-0.4, -0.2) is 38.8 Å². The number of aromatic nitrogens is 3. The molecule has 1 fully saturated rings. The fourth-order valence-corrected chi connectivity index (χ4v) is 2.54. The summed E-state index contributed by atoms with van der Waals surface area (Å²) in [5, 5.41) is 8.05. The lowest BCUT2D eigenvalue weighted by Gasteiger charge is -2.39. The van der Waals surface area contributed by atoms with E-state index in [1.165, 1.54) is 12.8 Å². The van der Waals surface area contributed by atoms with Crippen molar-refractivity contribution in [2.24, 2.45) is 18.7 Å². The van der Waals surface area contributed by atoms with Gasteiger partial charge in [-0.15, -0.1) is 10.2 Å². The Morgan fingerprint density at radius 2 is 2.38 bits per heavy atom. The molecule has 0 saturated carbocycles. The van der Waals surface area contributed by atoms with Crippen LogP contribution < -0.4 is 5.73 Å². The lowest BCUT2D eigenvalue weighted by Crippen LogP contribution is -2.48. The number of rotatable bonds is 3. The first-order chi connectivity index (χ1) is 7.72. The summed E-state index contributed by atoms with van der Waals surface area (Å²) < 4.78 is 1.98. The Hall–Kier alpha value is -0.940. The fraction of sp³-hybridized carbons (Fsp3) is 0.818. The van der Waals surface area contributed by atoms with E-state index in [2.05, 4.69) is 22.0 Å². The molecule has 5 heteroatoms. The Bertz CT molecular complexity index is 335. The quantitative estimate of drug-likeness (QED) is 0.804. The summed E-state index contributed by atoms with van der Waals surface area (Å²) in [7, 11) is 1.99. The van der Waals surface area contributed by atoms with E-state index in [1.807, 2.05) is 11.6 Å². The average molecular weight is 223 g/mol. The number of nitrogens with two attached hydrogens (primary N) is 1. The standard InChI is InChI=1S/C11H21N5/c1-9-4-3-5-16(10(9)6-12)7-11-14-13-8-15(11)2/h8-10H,3-7,12H2,1-2H3. The Kier molecular flexibility index (Phi) is 3.56. The number of hydrogen-bond acceptors (Lipinski definition) is 4. The van der Waals surface area contributed by atoms with Crippen LogP contribution in [0.2, 0.25) is 0 Å². The van der Waals surface area contributed by atoms with Crippen LogP contribution in [-0.2, 0) is 13.6 Å². The average Bonchev–Trinajstić information content (AvgIpc) is 2.65. The highest BCUT2D eigenvalue weighted by atomic mass is 15.3. The molecule has 1 aromatic heterocycles. The molecule has 90 valence electrons. The Morgan fingerprint density at radius 3 is 3.00 bits per heavy atom. The molecule has 2 N–H and O–H groups in total. The van der Waals surface area contributed by atoms with Crippen molar-refractivity contribution in [3.05, 3.63) is 12.2 Å². The van der Waals surface area contributed by atoms with Gasteiger partial charge in [-0.05, 0) is 25.3 Å². The van der Waals surface area contributed by atoms with Crippen molar-refractivity contribution in [3.63, 3.8) is 0 Å². The summed E-state index contributed by atoms with van der Waals surface area (Å²) >= 11 is 0. The molecule has 2 rings (SSSR count). The first-order valence-electron chi connectivity index (χ1n) is 5.99. The summed E-state index contributed by atoms with van der Waals surface area (Å²) in [6.45, 7) is 5.02. The van der Waals surface area contributed by atoms with Gasteiger partial charge in [0.15, 0.2) is 0 Å². The van der Waals surface area contributed by atoms with Crippen molar-refractivity contribution in [1.82, 2.24) is 19.7 Å². The van der Waals surface area contributed by atoms with Crippen molar-refractivity contribution in [1.29, 1.82) is 0 Å². The molecule has 16 heavy (non-hydrogen) atoms. The molecule has 2 unspecified atom stereocenters. The molecule has 1 aliphatic rings. The van der Waals surface area contributed by atoms with E-state index in [1.54, 1.807) is 6.33 Å². The number of likely N-dealkylation sites (tertiary alicyclic amines) is 1. The minimum absolute atomic E-state index is 0.491. The molecule has 2 heterocycles. The van der Waals surface area contributed by atoms with Crippen molar-refractivity contribution in [2.75, 3.05) is 13.1 Å². The zero-order chi connectivity index (χ0) is 11.5. The molecule has 0 radical (unpaired) electrons. The van der Waals surface area contributed by atoms with Gasteiger partial charge in [0.05, 0.1) is 6.54 Å². The second-order valence-corrected chi connectivity index (χ2v) is 4.75. The third-order valence-electron chi connectivity index (χ3n) is 3.62. The summed E-state index contributed by atoms with van der Waals surface area (Å²) in [5.41, 5.74) is 5.87. The topological polar surface area (TPSA) is 60.0 Å². The van der Waals surface area contributed by atoms with Gasteiger partial charge in [0.2, 0.25) is 0 Å². The van der Waals surface area contributed by atoms with Crippen LogP contribution in [0.1, 0.15) is 25.6 Å². The van der Waals surface area contributed by atoms with Gasteiger partial charge < -0.3 is 10.3 Å². The molecule has 5 nitrogen and oxygen atoms in total. The Balaban J connectivity index is 2.05. The number of nitrogens with zero attached hydrogens (tertiary/aromatic N) is 4. The van der Waals surface area contributed by atoms with Crippen molar-refractivity contribution in [2.45, 2.75) is 32.4 Å². The molecule has 1 aromatic rings. The number of hydrogen-bond donors (Lipinski definition) is 1. The van der Waals surface area contributed by atoms with Gasteiger partial charge in [0.1, 0.15) is 12.2 Å². The smallest absolute Gasteiger partial charge is 0.146 e. The minimum Gasteiger partial charge on any atom is -0.329 e. The lowest BCUT2D eigenvalue weighted by molar-refractivity contribution is 0.0953. The Labute approximate surface area is 96.6 Å². The maximum Gasteiger partial charge on any atom is 0.146 e. The van der Waals surface area contributed by atoms with Crippen LogP contribution in [0.15, 0.2) is 6.33 Å². The van der Waals surface area contributed by atoms with Crippen molar-refractivity contribution < 1.29 is 0 Å². The van der Waals surface area contributed by atoms with Crippen LogP contribution in [0.4, 0.5) is 0 Å². The predicted molar refractivity (Wildman–Crippen MR) is 62.7 cm³/mol. The molecular formula is C11H21N5. The number of piperidine rings is 1. The van der Waals surface area contributed by atoms with Crippen molar-refractivity contribution >= 4 is 0 Å². The molecular weight excluding hydrogens is 202 g/mol. The van der Waals surface area contributed by atoms with E-state index in [-0.39, 0.29) is 0 Å². The van der Waals surface area contributed by atoms with E-state index in [4.69, 9.17) is 5.73 Å². The molecule has 0 aromatic carbocycles. The summed E-state index contributed by atoms with van der Waals surface area (Å²) in [5.74, 6) is 1.71. The maximum atomic E-state index is 5.87. The first kappa shape index (κ1) is 11.5. The largest absolute Gasteiger partial charge is 0.329 e. The van der Waals surface area contributed by atoms with Gasteiger partial charge in [0, 0.05) is 19.6 Å². The highest BCUT2D eigenvalue weighted by molar-refractivity contribution is 4.89. The van der Waals surface area contributed by atoms with E-state index < -0.39 is 0 Å². The van der Waals surface area contributed by atoms with E-state index >= 15 is 0 Å². The van der Waals surface area contributed by atoms with Crippen LogP contribution in [0, 0.1) is 5.92 Å². The van der Waals surface area contributed by atoms with E-state index in [0.29, 0.717) is 12.0 Å². The lowest BCUT2D eigenvalue weighted by atomic mass is 9.91. The zero-order valence-electron chi connectivity index (χ0n) is 10.1. The number of aryl methyl sites for hydroxylation is 1. The van der Waals surface area contributed by atoms with Crippen LogP contribution in [0.3, 0.4) is 0 Å². The Morgan fingerprint density at radius 1 is 1.56 bits per heavy atom. The first-order valence-corrected chi connectivity index (χ1v) is 5.99. The molecule has 1 aliphatic heterocycles. The van der Waals surface area contributed by atoms with Gasteiger partial charge in [0.25, 0.3) is 0 Å². The van der Waals surface area contributed by atoms with E-state index in [9.17, 15) is 0 Å². The van der Waals surface area contributed by atoms with Gasteiger partial charge in [-0.1, -0.05) is 6.92 Å². The van der Waals surface area contributed by atoms with Gasteiger partial charge in [-0.2, -0.15) is 0 Å². The summed E-state index contributed by atoms with van der Waals surface area (Å²) in [6.07, 6.45) is 4.30. The molecule has 0 amide bonds. The van der Waals surface area contributed by atoms with Crippen LogP contribution in [0.25, 0.3) is 0 Å². The third kappa shape index (κ3) is 2.25. The summed E-state index contributed by atoms with van der Waals surface area (Å²) in [4.78, 5) is 2.44. The summed E-state index contributed by atoms with van der Waals surface area (Å²) in [6, 6.07) is 0.491. The van der Waals surface area contributed by atoms with Crippen LogP contribution >= 0.6 is 0 Å². The molecule has 1 saturated heterocycles. The van der Waals surface area contributed by atoms with Gasteiger partial charge in [-0.25, -0.2) is 0 Å². The minimum atomic E-state index is 0.491. The molecule has 0 bridgehead atoms. The van der Waals surface area contributed by atoms with Gasteiger partial charge >= 0.3 is 0 Å². The van der Waals surface area contributed by atoms with Gasteiger partial charge in [-0.3, -0.25) is 4.90 Å². The zero-order valence-corrected chi connectivity index (χ0v) is 10.1. The monoisotopic (exact) mass is 223 g/mol. The second kappa shape index (κ2) is 4.93. The molecule has 0 aliphatic carbocycles. The normalized spacial score (nSPS) is 27.2. The fourth-order valence-electron chi connectivity index (χ4n) is 2.54.